The van der Waals surface area contributed by atoms with Crippen molar-refractivity contribution >= 4 is 34.1 Å². The second-order valence-electron chi connectivity index (χ2n) is 7.99. The Morgan fingerprint density at radius 1 is 1.20 bits per heavy atom. The number of thiazole rings is 1. The van der Waals surface area contributed by atoms with Gasteiger partial charge in [-0.15, -0.1) is 11.3 Å². The molecule has 0 spiro atoms. The second kappa shape index (κ2) is 7.55. The van der Waals surface area contributed by atoms with Crippen LogP contribution in [0.5, 0.6) is 0 Å². The van der Waals surface area contributed by atoms with E-state index in [2.05, 4.69) is 13.0 Å². The van der Waals surface area contributed by atoms with Gasteiger partial charge in [0, 0.05) is 10.4 Å². The molecule has 2 aliphatic rings. The van der Waals surface area contributed by atoms with Gasteiger partial charge in [-0.25, -0.2) is 4.98 Å². The van der Waals surface area contributed by atoms with E-state index < -0.39 is 0 Å². The van der Waals surface area contributed by atoms with Crippen LogP contribution in [0.25, 0.3) is 11.1 Å². The zero-order chi connectivity index (χ0) is 20.7. The molecule has 0 saturated heterocycles. The van der Waals surface area contributed by atoms with Gasteiger partial charge >= 0.3 is 0 Å². The van der Waals surface area contributed by atoms with Gasteiger partial charge in [-0.1, -0.05) is 55.5 Å². The van der Waals surface area contributed by atoms with Gasteiger partial charge in [0.2, 0.25) is 0 Å². The van der Waals surface area contributed by atoms with Crippen molar-refractivity contribution in [2.45, 2.75) is 32.7 Å². The van der Waals surface area contributed by atoms with Crippen LogP contribution in [0, 0.1) is 17.2 Å². The number of aromatic nitrogens is 1. The largest absolute Gasteiger partial charge is 0.303 e. The summed E-state index contributed by atoms with van der Waals surface area (Å²) in [4.78, 5) is 21.3. The number of para-hydroxylation sites is 1. The third kappa shape index (κ3) is 3.14. The number of aryl methyl sites for hydroxylation is 1. The van der Waals surface area contributed by atoms with Gasteiger partial charge in [-0.3, -0.25) is 4.79 Å². The van der Waals surface area contributed by atoms with Crippen LogP contribution >= 0.6 is 11.3 Å². The van der Waals surface area contributed by atoms with Crippen LogP contribution in [0.3, 0.4) is 0 Å². The lowest BCUT2D eigenvalue weighted by molar-refractivity contribution is -0.113. The molecule has 0 bridgehead atoms. The SMILES string of the molecule is C[C@@H]1CCc2nc(/C(C#N)=C3\C(=O)N(Cc4ccccc4)c4ccccc43)sc2C1. The van der Waals surface area contributed by atoms with Crippen molar-refractivity contribution in [2.75, 3.05) is 4.90 Å². The quantitative estimate of drug-likeness (QED) is 0.437. The van der Waals surface area contributed by atoms with E-state index >= 15 is 0 Å². The average molecular weight is 412 g/mol. The van der Waals surface area contributed by atoms with Crippen molar-refractivity contribution in [3.05, 3.63) is 81.3 Å². The van der Waals surface area contributed by atoms with Gasteiger partial charge in [-0.05, 0) is 36.8 Å². The minimum Gasteiger partial charge on any atom is -0.303 e. The molecule has 2 aromatic carbocycles. The maximum Gasteiger partial charge on any atom is 0.260 e. The maximum absolute atomic E-state index is 13.5. The number of anilines is 1. The van der Waals surface area contributed by atoms with Crippen LogP contribution in [0.1, 0.15) is 40.1 Å². The van der Waals surface area contributed by atoms with Crippen molar-refractivity contribution in [2.24, 2.45) is 5.92 Å². The molecule has 0 radical (unpaired) electrons. The Hall–Kier alpha value is -3.23. The lowest BCUT2D eigenvalue weighted by Crippen LogP contribution is -2.25. The first-order chi connectivity index (χ1) is 14.7. The zero-order valence-electron chi connectivity index (χ0n) is 16.8. The fourth-order valence-corrected chi connectivity index (χ4v) is 5.57. The molecule has 0 fully saturated rings. The van der Waals surface area contributed by atoms with E-state index in [4.69, 9.17) is 4.98 Å². The van der Waals surface area contributed by atoms with Gasteiger partial charge in [0.05, 0.1) is 23.5 Å². The molecule has 1 aliphatic carbocycles. The lowest BCUT2D eigenvalue weighted by atomic mass is 9.93. The fraction of sp³-hybridized carbons (Fsp3) is 0.240. The average Bonchev–Trinajstić information content (AvgIpc) is 3.29. The van der Waals surface area contributed by atoms with Crippen LogP contribution < -0.4 is 4.90 Å². The van der Waals surface area contributed by atoms with E-state index in [1.54, 1.807) is 16.2 Å². The van der Waals surface area contributed by atoms with Crippen molar-refractivity contribution in [3.8, 4) is 6.07 Å². The molecule has 2 heterocycles. The molecule has 1 aromatic heterocycles. The molecule has 0 N–H and O–H groups in total. The Balaban J connectivity index is 1.61. The van der Waals surface area contributed by atoms with Crippen molar-refractivity contribution in [1.82, 2.24) is 4.98 Å². The monoisotopic (exact) mass is 411 g/mol. The molecule has 5 rings (SSSR count). The van der Waals surface area contributed by atoms with E-state index in [0.29, 0.717) is 28.6 Å². The highest BCUT2D eigenvalue weighted by Gasteiger charge is 2.36. The minimum atomic E-state index is -0.127. The number of allylic oxidation sites excluding steroid dienone is 1. The number of benzene rings is 2. The van der Waals surface area contributed by atoms with Crippen LogP contribution in [0.4, 0.5) is 5.69 Å². The summed E-state index contributed by atoms with van der Waals surface area (Å²) >= 11 is 1.58. The topological polar surface area (TPSA) is 57.0 Å². The summed E-state index contributed by atoms with van der Waals surface area (Å²) in [5.41, 5.74) is 4.69. The number of amides is 1. The predicted molar refractivity (Wildman–Crippen MR) is 120 cm³/mol. The molecule has 0 unspecified atom stereocenters. The standard InChI is InChI=1S/C25H21N3OS/c1-16-11-12-20-22(13-16)30-24(27-20)19(14-26)23-18-9-5-6-10-21(18)28(25(23)29)15-17-7-3-2-4-8-17/h2-10,16H,11-13,15H2,1H3/b23-19-/t16-/m1/s1. The molecular formula is C25H21N3OS. The van der Waals surface area contributed by atoms with E-state index in [1.807, 2.05) is 54.6 Å². The number of carbonyl (C=O) groups is 1. The summed E-state index contributed by atoms with van der Waals surface area (Å²) in [5.74, 6) is 0.511. The molecule has 3 aromatic rings. The van der Waals surface area contributed by atoms with Crippen LogP contribution in [0.2, 0.25) is 0 Å². The van der Waals surface area contributed by atoms with Crippen molar-refractivity contribution < 1.29 is 4.79 Å². The fourth-order valence-electron chi connectivity index (χ4n) is 4.30. The number of hydrogen-bond acceptors (Lipinski definition) is 4. The Bertz CT molecular complexity index is 1200. The van der Waals surface area contributed by atoms with Crippen LogP contribution in [-0.4, -0.2) is 10.9 Å². The third-order valence-electron chi connectivity index (χ3n) is 5.87. The molecule has 1 atom stereocenters. The maximum atomic E-state index is 13.5. The Kier molecular flexibility index (Phi) is 4.72. The summed E-state index contributed by atoms with van der Waals surface area (Å²) in [5, 5.41) is 10.7. The van der Waals surface area contributed by atoms with Crippen LogP contribution in [-0.2, 0) is 24.2 Å². The Labute approximate surface area is 180 Å². The predicted octanol–water partition coefficient (Wildman–Crippen LogP) is 5.25. The molecule has 30 heavy (non-hydrogen) atoms. The number of nitrogens with zero attached hydrogens (tertiary/aromatic N) is 3. The first kappa shape index (κ1) is 18.8. The molecule has 5 heteroatoms. The number of hydrogen-bond donors (Lipinski definition) is 0. The summed E-state index contributed by atoms with van der Waals surface area (Å²) in [6.45, 7) is 2.73. The molecule has 0 saturated carbocycles. The third-order valence-corrected chi connectivity index (χ3v) is 7.01. The first-order valence-corrected chi connectivity index (χ1v) is 11.1. The molecule has 1 amide bonds. The smallest absolute Gasteiger partial charge is 0.260 e. The Morgan fingerprint density at radius 3 is 2.77 bits per heavy atom. The number of fused-ring (bicyclic) bond motifs is 2. The van der Waals surface area contributed by atoms with Gasteiger partial charge < -0.3 is 4.90 Å². The summed E-state index contributed by atoms with van der Waals surface area (Å²) in [6, 6.07) is 20.0. The Morgan fingerprint density at radius 2 is 1.97 bits per heavy atom. The first-order valence-electron chi connectivity index (χ1n) is 10.2. The van der Waals surface area contributed by atoms with E-state index in [-0.39, 0.29) is 5.91 Å². The minimum absolute atomic E-state index is 0.127. The molecule has 4 nitrogen and oxygen atoms in total. The highest BCUT2D eigenvalue weighted by molar-refractivity contribution is 7.13. The van der Waals surface area contributed by atoms with Crippen molar-refractivity contribution in [1.29, 1.82) is 5.26 Å². The number of carbonyl (C=O) groups excluding carboxylic acids is 1. The second-order valence-corrected chi connectivity index (χ2v) is 9.08. The zero-order valence-corrected chi connectivity index (χ0v) is 17.6. The highest BCUT2D eigenvalue weighted by atomic mass is 32.1. The molecule has 1 aliphatic heterocycles. The summed E-state index contributed by atoms with van der Waals surface area (Å²) in [6.07, 6.45) is 3.08. The van der Waals surface area contributed by atoms with E-state index in [1.165, 1.54) is 4.88 Å². The summed E-state index contributed by atoms with van der Waals surface area (Å²) in [7, 11) is 0. The summed E-state index contributed by atoms with van der Waals surface area (Å²) < 4.78 is 0. The lowest BCUT2D eigenvalue weighted by Gasteiger charge is -2.17. The molecular weight excluding hydrogens is 390 g/mol. The van der Waals surface area contributed by atoms with Gasteiger partial charge in [-0.2, -0.15) is 5.26 Å². The van der Waals surface area contributed by atoms with Gasteiger partial charge in [0.25, 0.3) is 5.91 Å². The number of nitriles is 1. The van der Waals surface area contributed by atoms with Gasteiger partial charge in [0.1, 0.15) is 16.6 Å². The normalized spacial score (nSPS) is 19.3. The molecule has 148 valence electrons. The van der Waals surface area contributed by atoms with Crippen molar-refractivity contribution in [3.63, 3.8) is 0 Å². The highest BCUT2D eigenvalue weighted by Crippen LogP contribution is 2.43. The van der Waals surface area contributed by atoms with E-state index in [9.17, 15) is 10.1 Å². The van der Waals surface area contributed by atoms with E-state index in [0.717, 1.165) is 41.8 Å². The van der Waals surface area contributed by atoms with Gasteiger partial charge in [0.15, 0.2) is 0 Å². The number of rotatable bonds is 3. The van der Waals surface area contributed by atoms with Crippen LogP contribution in [0.15, 0.2) is 54.6 Å².